The van der Waals surface area contributed by atoms with Crippen molar-refractivity contribution in [1.82, 2.24) is 4.90 Å². The van der Waals surface area contributed by atoms with Gasteiger partial charge in [0, 0.05) is 29.3 Å². The van der Waals surface area contributed by atoms with Gasteiger partial charge in [-0.2, -0.15) is 0 Å². The number of amides is 2. The quantitative estimate of drug-likeness (QED) is 0.318. The lowest BCUT2D eigenvalue weighted by Gasteiger charge is -2.22. The molecule has 170 valence electrons. The number of carbonyl (C=O) groups excluding carboxylic acids is 3. The lowest BCUT2D eigenvalue weighted by Crippen LogP contribution is -2.38. The van der Waals surface area contributed by atoms with Gasteiger partial charge < -0.3 is 15.0 Å². The Morgan fingerprint density at radius 3 is 2.41 bits per heavy atom. The molecule has 0 fully saturated rings. The van der Waals surface area contributed by atoms with E-state index in [1.54, 1.807) is 13.0 Å². The first-order valence-electron chi connectivity index (χ1n) is 9.67. The van der Waals surface area contributed by atoms with E-state index in [0.717, 1.165) is 12.1 Å². The van der Waals surface area contributed by atoms with Crippen LogP contribution in [0.4, 0.5) is 11.4 Å². The Hall–Kier alpha value is -3.17. The van der Waals surface area contributed by atoms with Crippen LogP contribution in [0.15, 0.2) is 36.4 Å². The predicted molar refractivity (Wildman–Crippen MR) is 120 cm³/mol. The first-order valence-corrected chi connectivity index (χ1v) is 10.4. The molecule has 2 aromatic rings. The number of hydrogen-bond acceptors (Lipinski definition) is 6. The molecule has 0 aliphatic heterocycles. The summed E-state index contributed by atoms with van der Waals surface area (Å²) in [6.07, 6.45) is 0.524. The molecule has 32 heavy (non-hydrogen) atoms. The molecule has 0 saturated carbocycles. The monoisotopic (exact) mass is 481 g/mol. The zero-order valence-corrected chi connectivity index (χ0v) is 18.9. The Morgan fingerprint density at radius 1 is 1.09 bits per heavy atom. The minimum absolute atomic E-state index is 0.0685. The maximum Gasteiger partial charge on any atom is 0.338 e. The Labute approximate surface area is 194 Å². The minimum atomic E-state index is -0.791. The topological polar surface area (TPSA) is 119 Å². The molecule has 0 aliphatic rings. The zero-order valence-electron chi connectivity index (χ0n) is 17.4. The smallest absolute Gasteiger partial charge is 0.338 e. The summed E-state index contributed by atoms with van der Waals surface area (Å²) in [5.41, 5.74) is -0.390. The normalized spacial score (nSPS) is 10.4. The van der Waals surface area contributed by atoms with E-state index in [0.29, 0.717) is 11.4 Å². The molecule has 2 rings (SSSR count). The number of rotatable bonds is 9. The van der Waals surface area contributed by atoms with Crippen molar-refractivity contribution in [1.29, 1.82) is 0 Å². The summed E-state index contributed by atoms with van der Waals surface area (Å²) in [7, 11) is 0. The van der Waals surface area contributed by atoms with Crippen LogP contribution in [0, 0.1) is 10.1 Å². The number of nitro groups is 1. The van der Waals surface area contributed by atoms with Crippen LogP contribution in [0.5, 0.6) is 0 Å². The molecule has 0 radical (unpaired) electrons. The second kappa shape index (κ2) is 11.4. The van der Waals surface area contributed by atoms with E-state index in [1.807, 2.05) is 6.92 Å². The second-order valence-corrected chi connectivity index (χ2v) is 7.49. The summed E-state index contributed by atoms with van der Waals surface area (Å²) in [6.45, 7) is 3.33. The molecule has 0 unspecified atom stereocenters. The number of nitrogens with zero attached hydrogens (tertiary/aromatic N) is 2. The van der Waals surface area contributed by atoms with Crippen LogP contribution in [-0.2, 0) is 9.53 Å². The van der Waals surface area contributed by atoms with Crippen LogP contribution in [0.3, 0.4) is 0 Å². The fourth-order valence-electron chi connectivity index (χ4n) is 2.83. The van der Waals surface area contributed by atoms with E-state index < -0.39 is 28.4 Å². The Kier molecular flexibility index (Phi) is 8.98. The first-order chi connectivity index (χ1) is 15.2. The summed E-state index contributed by atoms with van der Waals surface area (Å²) in [4.78, 5) is 49.5. The van der Waals surface area contributed by atoms with Crippen molar-refractivity contribution in [3.63, 3.8) is 0 Å². The molecule has 9 nitrogen and oxygen atoms in total. The highest BCUT2D eigenvalue weighted by molar-refractivity contribution is 6.35. The lowest BCUT2D eigenvalue weighted by molar-refractivity contribution is -0.384. The van der Waals surface area contributed by atoms with Crippen LogP contribution in [-0.4, -0.2) is 47.3 Å². The van der Waals surface area contributed by atoms with Crippen molar-refractivity contribution in [2.24, 2.45) is 0 Å². The fraction of sp³-hybridized carbons (Fsp3) is 0.286. The van der Waals surface area contributed by atoms with Crippen molar-refractivity contribution in [3.05, 3.63) is 67.7 Å². The number of non-ortho nitro benzene ring substituents is 1. The van der Waals surface area contributed by atoms with Gasteiger partial charge in [-0.05, 0) is 37.6 Å². The molecule has 0 heterocycles. The van der Waals surface area contributed by atoms with Crippen LogP contribution in [0.25, 0.3) is 0 Å². The molecule has 0 aliphatic carbocycles. The molecular formula is C21H21Cl2N3O6. The number of nitro benzene ring substituents is 1. The third-order valence-corrected chi connectivity index (χ3v) is 4.77. The van der Waals surface area contributed by atoms with Crippen LogP contribution >= 0.6 is 23.2 Å². The van der Waals surface area contributed by atoms with E-state index in [9.17, 15) is 24.5 Å². The van der Waals surface area contributed by atoms with Gasteiger partial charge in [0.05, 0.1) is 27.8 Å². The van der Waals surface area contributed by atoms with Gasteiger partial charge in [0.25, 0.3) is 11.6 Å². The van der Waals surface area contributed by atoms with Crippen molar-refractivity contribution < 1.29 is 24.0 Å². The molecule has 0 spiro atoms. The maximum atomic E-state index is 13.1. The Bertz CT molecular complexity index is 1040. The van der Waals surface area contributed by atoms with Gasteiger partial charge in [0.15, 0.2) is 0 Å². The highest BCUT2D eigenvalue weighted by atomic mass is 35.5. The van der Waals surface area contributed by atoms with Gasteiger partial charge in [-0.3, -0.25) is 19.7 Å². The summed E-state index contributed by atoms with van der Waals surface area (Å²) < 4.78 is 4.88. The average molecular weight is 482 g/mol. The maximum absolute atomic E-state index is 13.1. The summed E-state index contributed by atoms with van der Waals surface area (Å²) in [5.74, 6) is -1.97. The fourth-order valence-corrected chi connectivity index (χ4v) is 3.17. The zero-order chi connectivity index (χ0) is 23.8. The van der Waals surface area contributed by atoms with Gasteiger partial charge in [0.2, 0.25) is 5.91 Å². The largest absolute Gasteiger partial charge is 0.462 e. The van der Waals surface area contributed by atoms with Crippen molar-refractivity contribution in [3.8, 4) is 0 Å². The Balaban J connectivity index is 2.30. The van der Waals surface area contributed by atoms with Crippen molar-refractivity contribution in [2.45, 2.75) is 20.3 Å². The first kappa shape index (κ1) is 25.1. The Morgan fingerprint density at radius 2 is 1.78 bits per heavy atom. The van der Waals surface area contributed by atoms with Crippen LogP contribution in [0.1, 0.15) is 41.0 Å². The molecule has 11 heteroatoms. The standard InChI is InChI=1S/C21H21Cl2N3O6/c1-3-7-25(12-19(27)24-18-11-15(22)5-6-17(18)23)20(28)13-8-14(21(29)32-4-2)10-16(9-13)26(30)31/h5-6,8-11H,3-4,7,12H2,1-2H3,(H,24,27). The molecule has 0 bridgehead atoms. The van der Waals surface area contributed by atoms with Gasteiger partial charge in [-0.25, -0.2) is 4.79 Å². The SMILES string of the molecule is CCCN(CC(=O)Nc1cc(Cl)ccc1Cl)C(=O)c1cc(C(=O)OCC)cc([N+](=O)[O-])c1. The van der Waals surface area contributed by atoms with E-state index in [-0.39, 0.29) is 41.5 Å². The van der Waals surface area contributed by atoms with E-state index in [1.165, 1.54) is 23.1 Å². The van der Waals surface area contributed by atoms with E-state index in [4.69, 9.17) is 27.9 Å². The number of esters is 1. The highest BCUT2D eigenvalue weighted by Gasteiger charge is 2.23. The van der Waals surface area contributed by atoms with Gasteiger partial charge in [-0.1, -0.05) is 30.1 Å². The van der Waals surface area contributed by atoms with Gasteiger partial charge in [0.1, 0.15) is 6.54 Å². The van der Waals surface area contributed by atoms with Crippen molar-refractivity contribution in [2.75, 3.05) is 25.0 Å². The number of halogens is 2. The minimum Gasteiger partial charge on any atom is -0.462 e. The number of benzene rings is 2. The van der Waals surface area contributed by atoms with Gasteiger partial charge in [-0.15, -0.1) is 0 Å². The number of anilines is 1. The van der Waals surface area contributed by atoms with Gasteiger partial charge >= 0.3 is 5.97 Å². The highest BCUT2D eigenvalue weighted by Crippen LogP contribution is 2.25. The van der Waals surface area contributed by atoms with E-state index >= 15 is 0 Å². The predicted octanol–water partition coefficient (Wildman–Crippen LogP) is 4.57. The van der Waals surface area contributed by atoms with E-state index in [2.05, 4.69) is 5.32 Å². The molecule has 1 N–H and O–H groups in total. The summed E-state index contributed by atoms with van der Waals surface area (Å²) in [5, 5.41) is 14.5. The van der Waals surface area contributed by atoms with Crippen LogP contribution < -0.4 is 5.32 Å². The summed E-state index contributed by atoms with van der Waals surface area (Å²) in [6, 6.07) is 7.86. The average Bonchev–Trinajstić information content (AvgIpc) is 2.75. The third kappa shape index (κ3) is 6.66. The molecule has 2 aromatic carbocycles. The molecule has 0 aromatic heterocycles. The summed E-state index contributed by atoms with van der Waals surface area (Å²) >= 11 is 12.0. The molecule has 0 atom stereocenters. The lowest BCUT2D eigenvalue weighted by atomic mass is 10.1. The number of carbonyl (C=O) groups is 3. The number of hydrogen-bond donors (Lipinski definition) is 1. The number of ether oxygens (including phenoxy) is 1. The van der Waals surface area contributed by atoms with Crippen LogP contribution in [0.2, 0.25) is 10.0 Å². The molecule has 2 amide bonds. The van der Waals surface area contributed by atoms with Crippen molar-refractivity contribution >= 4 is 52.4 Å². The molecular weight excluding hydrogens is 461 g/mol. The molecule has 0 saturated heterocycles. The number of nitrogens with one attached hydrogen (secondary N) is 1. The second-order valence-electron chi connectivity index (χ2n) is 6.65. The third-order valence-electron chi connectivity index (χ3n) is 4.20.